The van der Waals surface area contributed by atoms with E-state index in [0.717, 1.165) is 18.4 Å². The molecular weight excluding hydrogens is 382 g/mol. The van der Waals surface area contributed by atoms with Crippen LogP contribution >= 0.6 is 0 Å². The molecule has 160 valence electrons. The van der Waals surface area contributed by atoms with Crippen LogP contribution in [0.3, 0.4) is 0 Å². The van der Waals surface area contributed by atoms with Crippen molar-refractivity contribution in [1.82, 2.24) is 5.48 Å². The van der Waals surface area contributed by atoms with Crippen LogP contribution in [0, 0.1) is 0 Å². The molecule has 0 aromatic heterocycles. The number of amides is 1. The number of allylic oxidation sites excluding steroid dienone is 4. The van der Waals surface area contributed by atoms with E-state index in [2.05, 4.69) is 10.3 Å². The quantitative estimate of drug-likeness (QED) is 0.395. The van der Waals surface area contributed by atoms with Crippen LogP contribution in [0.4, 0.5) is 0 Å². The molecule has 1 aliphatic carbocycles. The number of ketones is 2. The first-order chi connectivity index (χ1) is 14.2. The maximum absolute atomic E-state index is 13.0. The summed E-state index contributed by atoms with van der Waals surface area (Å²) in [5.41, 5.74) is 5.26. The number of Topliss-reactive ketones (excluding diaryl/α,β-unsaturated/α-hetero) is 2. The number of hydrogen-bond acceptors (Lipinski definition) is 5. The van der Waals surface area contributed by atoms with Gasteiger partial charge in [-0.15, -0.1) is 0 Å². The maximum Gasteiger partial charge on any atom is 0.329 e. The third-order valence-corrected chi connectivity index (χ3v) is 5.49. The van der Waals surface area contributed by atoms with Crippen molar-refractivity contribution in [3.05, 3.63) is 58.2 Å². The number of rotatable bonds is 8. The Labute approximate surface area is 177 Å². The van der Waals surface area contributed by atoms with Crippen molar-refractivity contribution >= 4 is 23.4 Å². The van der Waals surface area contributed by atoms with Crippen LogP contribution in [0.1, 0.15) is 71.3 Å². The predicted molar refractivity (Wildman–Crippen MR) is 113 cm³/mol. The third-order valence-electron chi connectivity index (χ3n) is 5.49. The number of benzene rings is 1. The molecule has 6 nitrogen and oxygen atoms in total. The average molecular weight is 411 g/mol. The topological polar surface area (TPSA) is 89.5 Å². The molecule has 1 aromatic carbocycles. The molecule has 1 aliphatic rings. The van der Waals surface area contributed by atoms with Crippen LogP contribution in [0.2, 0.25) is 0 Å². The SMILES string of the molecule is CC(=O)ONC(=O)CCCCCC(C1=C(C)C(=O)C(C)=C(C)C1=O)c1ccccc1. The zero-order valence-electron chi connectivity index (χ0n) is 18.0. The molecule has 0 spiro atoms. The summed E-state index contributed by atoms with van der Waals surface area (Å²) in [6.45, 7) is 6.37. The summed E-state index contributed by atoms with van der Waals surface area (Å²) in [5.74, 6) is -1.19. The molecule has 1 N–H and O–H groups in total. The second-order valence-electron chi connectivity index (χ2n) is 7.63. The number of hydroxylamine groups is 1. The first-order valence-electron chi connectivity index (χ1n) is 10.2. The highest BCUT2D eigenvalue weighted by atomic mass is 16.7. The lowest BCUT2D eigenvalue weighted by atomic mass is 9.76. The van der Waals surface area contributed by atoms with Gasteiger partial charge in [0.25, 0.3) is 5.91 Å². The summed E-state index contributed by atoms with van der Waals surface area (Å²) in [7, 11) is 0. The standard InChI is InChI=1S/C24H29NO5/c1-15-16(2)24(29)22(17(3)23(15)28)20(19-11-7-5-8-12-19)13-9-6-10-14-21(27)25-30-18(4)26/h5,7-8,11-12,20H,6,9-10,13-14H2,1-4H3,(H,25,27). The fourth-order valence-corrected chi connectivity index (χ4v) is 3.69. The minimum atomic E-state index is -0.566. The first-order valence-corrected chi connectivity index (χ1v) is 10.2. The molecule has 0 radical (unpaired) electrons. The van der Waals surface area contributed by atoms with Crippen LogP contribution in [0.25, 0.3) is 0 Å². The van der Waals surface area contributed by atoms with Crippen LogP contribution in [0.5, 0.6) is 0 Å². The number of unbranched alkanes of at least 4 members (excludes halogenated alkanes) is 2. The number of nitrogens with one attached hydrogen (secondary N) is 1. The van der Waals surface area contributed by atoms with E-state index >= 15 is 0 Å². The Balaban J connectivity index is 2.08. The zero-order chi connectivity index (χ0) is 22.3. The molecule has 0 bridgehead atoms. The minimum absolute atomic E-state index is 0.0563. The van der Waals surface area contributed by atoms with Gasteiger partial charge in [-0.05, 0) is 39.2 Å². The number of carbonyl (C=O) groups is 4. The van der Waals surface area contributed by atoms with Gasteiger partial charge < -0.3 is 4.84 Å². The fraction of sp³-hybridized carbons (Fsp3) is 0.417. The summed E-state index contributed by atoms with van der Waals surface area (Å²) in [4.78, 5) is 52.5. The number of carbonyl (C=O) groups excluding carboxylic acids is 4. The van der Waals surface area contributed by atoms with E-state index in [0.29, 0.717) is 35.1 Å². The Kier molecular flexibility index (Phi) is 8.27. The van der Waals surface area contributed by atoms with E-state index in [-0.39, 0.29) is 29.8 Å². The Morgan fingerprint density at radius 1 is 0.900 bits per heavy atom. The van der Waals surface area contributed by atoms with Crippen LogP contribution in [0.15, 0.2) is 52.6 Å². The molecule has 0 saturated carbocycles. The van der Waals surface area contributed by atoms with E-state index in [1.165, 1.54) is 6.92 Å². The molecule has 1 unspecified atom stereocenters. The van der Waals surface area contributed by atoms with Crippen molar-refractivity contribution in [2.45, 2.75) is 65.7 Å². The predicted octanol–water partition coefficient (Wildman–Crippen LogP) is 4.12. The highest BCUT2D eigenvalue weighted by molar-refractivity contribution is 6.25. The lowest BCUT2D eigenvalue weighted by molar-refractivity contribution is -0.156. The fourth-order valence-electron chi connectivity index (χ4n) is 3.69. The molecule has 0 heterocycles. The molecule has 30 heavy (non-hydrogen) atoms. The molecule has 1 amide bonds. The van der Waals surface area contributed by atoms with Crippen molar-refractivity contribution in [2.24, 2.45) is 0 Å². The summed E-state index contributed by atoms with van der Waals surface area (Å²) in [6.07, 6.45) is 3.16. The van der Waals surface area contributed by atoms with Gasteiger partial charge in [-0.2, -0.15) is 5.48 Å². The summed E-state index contributed by atoms with van der Waals surface area (Å²) in [6, 6.07) is 9.75. The second kappa shape index (κ2) is 10.7. The Morgan fingerprint density at radius 2 is 1.53 bits per heavy atom. The lowest BCUT2D eigenvalue weighted by Gasteiger charge is -2.26. The van der Waals surface area contributed by atoms with Gasteiger partial charge in [0.05, 0.1) is 0 Å². The minimum Gasteiger partial charge on any atom is -0.341 e. The normalized spacial score (nSPS) is 15.3. The summed E-state index contributed by atoms with van der Waals surface area (Å²) in [5, 5.41) is 0. The van der Waals surface area contributed by atoms with Crippen molar-refractivity contribution in [2.75, 3.05) is 0 Å². The highest BCUT2D eigenvalue weighted by Gasteiger charge is 2.33. The molecule has 0 aliphatic heterocycles. The molecular formula is C24H29NO5. The van der Waals surface area contributed by atoms with Gasteiger partial charge in [-0.25, -0.2) is 0 Å². The van der Waals surface area contributed by atoms with E-state index in [1.54, 1.807) is 20.8 Å². The first kappa shape index (κ1) is 23.3. The molecule has 1 aromatic rings. The van der Waals surface area contributed by atoms with Gasteiger partial charge in [0, 0.05) is 41.6 Å². The van der Waals surface area contributed by atoms with Gasteiger partial charge in [0.15, 0.2) is 11.6 Å². The van der Waals surface area contributed by atoms with E-state index in [1.807, 2.05) is 30.3 Å². The molecule has 0 saturated heterocycles. The van der Waals surface area contributed by atoms with E-state index in [9.17, 15) is 19.2 Å². The monoisotopic (exact) mass is 411 g/mol. The largest absolute Gasteiger partial charge is 0.341 e. The van der Waals surface area contributed by atoms with Crippen LogP contribution in [-0.4, -0.2) is 23.4 Å². The zero-order valence-corrected chi connectivity index (χ0v) is 18.0. The molecule has 1 atom stereocenters. The smallest absolute Gasteiger partial charge is 0.329 e. The van der Waals surface area contributed by atoms with E-state index in [4.69, 9.17) is 0 Å². The van der Waals surface area contributed by atoms with Crippen LogP contribution < -0.4 is 5.48 Å². The van der Waals surface area contributed by atoms with Crippen molar-refractivity contribution in [3.63, 3.8) is 0 Å². The van der Waals surface area contributed by atoms with Gasteiger partial charge in [0.1, 0.15) is 0 Å². The lowest BCUT2D eigenvalue weighted by Crippen LogP contribution is -2.25. The van der Waals surface area contributed by atoms with Crippen LogP contribution in [-0.2, 0) is 24.0 Å². The Hall–Kier alpha value is -3.02. The van der Waals surface area contributed by atoms with Gasteiger partial charge in [-0.3, -0.25) is 19.2 Å². The Morgan fingerprint density at radius 3 is 2.17 bits per heavy atom. The highest BCUT2D eigenvalue weighted by Crippen LogP contribution is 2.37. The third kappa shape index (κ3) is 5.75. The Bertz CT molecular complexity index is 895. The van der Waals surface area contributed by atoms with Gasteiger partial charge in [-0.1, -0.05) is 43.2 Å². The summed E-state index contributed by atoms with van der Waals surface area (Å²) >= 11 is 0. The van der Waals surface area contributed by atoms with Gasteiger partial charge in [0.2, 0.25) is 0 Å². The van der Waals surface area contributed by atoms with Crippen molar-refractivity contribution < 1.29 is 24.0 Å². The summed E-state index contributed by atoms with van der Waals surface area (Å²) < 4.78 is 0. The molecule has 6 heteroatoms. The average Bonchev–Trinajstić information content (AvgIpc) is 2.74. The maximum atomic E-state index is 13.0. The molecule has 2 rings (SSSR count). The van der Waals surface area contributed by atoms with Gasteiger partial charge >= 0.3 is 5.97 Å². The van der Waals surface area contributed by atoms with Crippen molar-refractivity contribution in [1.29, 1.82) is 0 Å². The van der Waals surface area contributed by atoms with Crippen molar-refractivity contribution in [3.8, 4) is 0 Å². The number of hydrogen-bond donors (Lipinski definition) is 1. The van der Waals surface area contributed by atoms with E-state index < -0.39 is 5.97 Å². The molecule has 0 fully saturated rings. The second-order valence-corrected chi connectivity index (χ2v) is 7.63.